The predicted molar refractivity (Wildman–Crippen MR) is 76.3 cm³/mol. The molecule has 0 unspecified atom stereocenters. The zero-order valence-corrected chi connectivity index (χ0v) is 11.5. The molecule has 1 aromatic rings. The third-order valence-electron chi connectivity index (χ3n) is 2.74. The van der Waals surface area contributed by atoms with Gasteiger partial charge in [-0.1, -0.05) is 54.7 Å². The largest absolute Gasteiger partial charge is 0.351 e. The molecule has 2 rings (SSSR count). The molecular weight excluding hydrogens is 250 g/mol. The van der Waals surface area contributed by atoms with E-state index >= 15 is 0 Å². The van der Waals surface area contributed by atoms with E-state index in [2.05, 4.69) is 43.8 Å². The zero-order valence-electron chi connectivity index (χ0n) is 9.79. The average molecular weight is 265 g/mol. The van der Waals surface area contributed by atoms with Gasteiger partial charge in [-0.3, -0.25) is 5.41 Å². The number of rotatable bonds is 1. The van der Waals surface area contributed by atoms with Crippen LogP contribution in [0.1, 0.15) is 17.7 Å². The molecule has 2 atom stereocenters. The summed E-state index contributed by atoms with van der Waals surface area (Å²) >= 11 is 4.74. The highest BCUT2D eigenvalue weighted by Crippen LogP contribution is 2.41. The predicted octanol–water partition coefficient (Wildman–Crippen LogP) is 3.13. The summed E-state index contributed by atoms with van der Waals surface area (Å²) in [5, 5.41) is 17.5. The lowest BCUT2D eigenvalue weighted by atomic mass is 10.1. The number of nitrogens with one attached hydrogen (secondary N) is 1. The van der Waals surface area contributed by atoms with Gasteiger partial charge in [0.25, 0.3) is 0 Å². The minimum atomic E-state index is 0.411. The molecule has 0 bridgehead atoms. The molecule has 1 N–H and O–H groups in total. The number of amidine groups is 1. The molecule has 0 amide bonds. The first-order valence-electron chi connectivity index (χ1n) is 5.18. The first-order valence-corrected chi connectivity index (χ1v) is 6.50. The Morgan fingerprint density at radius 3 is 2.35 bits per heavy atom. The Bertz CT molecular complexity index is 414. The monoisotopic (exact) mass is 265 g/mol. The fraction of sp³-hybridized carbons (Fsp3) is 0.333. The molecule has 17 heavy (non-hydrogen) atoms. The number of thiocyanates is 1. The van der Waals surface area contributed by atoms with Crippen LogP contribution < -0.4 is 0 Å². The molecule has 0 aromatic heterocycles. The SMILES string of the molecule is C[C@H]1[C@H](c2ccccc2)SC(=N)N1C.N#CS. The Morgan fingerprint density at radius 2 is 1.94 bits per heavy atom. The molecule has 1 aliphatic rings. The van der Waals surface area contributed by atoms with Gasteiger partial charge < -0.3 is 4.90 Å². The van der Waals surface area contributed by atoms with Crippen molar-refractivity contribution in [3.05, 3.63) is 35.9 Å². The minimum Gasteiger partial charge on any atom is -0.351 e. The number of hydrogen-bond acceptors (Lipinski definition) is 4. The maximum Gasteiger partial charge on any atom is 0.157 e. The molecule has 90 valence electrons. The van der Waals surface area contributed by atoms with E-state index in [-0.39, 0.29) is 0 Å². The number of likely N-dealkylation sites (N-methyl/N-ethyl adjacent to an activating group) is 1. The molecular formula is C12H15N3S2. The highest BCUT2D eigenvalue weighted by Gasteiger charge is 2.33. The van der Waals surface area contributed by atoms with E-state index in [4.69, 9.17) is 10.7 Å². The van der Waals surface area contributed by atoms with Gasteiger partial charge in [-0.25, -0.2) is 0 Å². The molecule has 5 heteroatoms. The number of benzene rings is 1. The van der Waals surface area contributed by atoms with E-state index in [1.165, 1.54) is 11.0 Å². The van der Waals surface area contributed by atoms with E-state index in [1.54, 1.807) is 11.8 Å². The highest BCUT2D eigenvalue weighted by atomic mass is 32.2. The maximum atomic E-state index is 7.75. The van der Waals surface area contributed by atoms with E-state index < -0.39 is 0 Å². The van der Waals surface area contributed by atoms with Crippen molar-refractivity contribution in [2.45, 2.75) is 18.2 Å². The van der Waals surface area contributed by atoms with Crippen LogP contribution >= 0.6 is 24.4 Å². The van der Waals surface area contributed by atoms with Crippen LogP contribution in [0.4, 0.5) is 0 Å². The first kappa shape index (κ1) is 13.9. The lowest BCUT2D eigenvalue weighted by Gasteiger charge is -2.19. The zero-order chi connectivity index (χ0) is 12.8. The van der Waals surface area contributed by atoms with Crippen molar-refractivity contribution in [3.63, 3.8) is 0 Å². The van der Waals surface area contributed by atoms with Crippen LogP contribution in [0.5, 0.6) is 0 Å². The fourth-order valence-electron chi connectivity index (χ4n) is 1.68. The number of thiol groups is 1. The van der Waals surface area contributed by atoms with Crippen molar-refractivity contribution in [2.75, 3.05) is 7.05 Å². The molecule has 0 radical (unpaired) electrons. The topological polar surface area (TPSA) is 50.9 Å². The molecule has 1 fully saturated rings. The van der Waals surface area contributed by atoms with Crippen molar-refractivity contribution < 1.29 is 0 Å². The van der Waals surface area contributed by atoms with E-state index in [0.29, 0.717) is 16.5 Å². The van der Waals surface area contributed by atoms with Gasteiger partial charge in [-0.2, -0.15) is 5.26 Å². The number of nitriles is 1. The van der Waals surface area contributed by atoms with Crippen LogP contribution in [0.25, 0.3) is 0 Å². The van der Waals surface area contributed by atoms with Gasteiger partial charge in [0.15, 0.2) is 5.17 Å². The van der Waals surface area contributed by atoms with Crippen molar-refractivity contribution >= 4 is 29.6 Å². The number of thioether (sulfide) groups is 1. The Labute approximate surface area is 112 Å². The van der Waals surface area contributed by atoms with Crippen LogP contribution in [0.2, 0.25) is 0 Å². The molecule has 0 aliphatic carbocycles. The molecule has 1 aliphatic heterocycles. The van der Waals surface area contributed by atoms with Crippen LogP contribution in [-0.4, -0.2) is 23.2 Å². The summed E-state index contributed by atoms with van der Waals surface area (Å²) in [7, 11) is 1.99. The molecule has 3 nitrogen and oxygen atoms in total. The van der Waals surface area contributed by atoms with Crippen LogP contribution in [0.15, 0.2) is 30.3 Å². The summed E-state index contributed by atoms with van der Waals surface area (Å²) in [6.07, 6.45) is 0. The average Bonchev–Trinajstić information content (AvgIpc) is 2.59. The van der Waals surface area contributed by atoms with Crippen LogP contribution in [-0.2, 0) is 0 Å². The summed E-state index contributed by atoms with van der Waals surface area (Å²) in [6, 6.07) is 10.8. The normalized spacial score (nSPS) is 22.7. The van der Waals surface area contributed by atoms with Gasteiger partial charge in [0.1, 0.15) is 5.40 Å². The lowest BCUT2D eigenvalue weighted by Crippen LogP contribution is -2.27. The van der Waals surface area contributed by atoms with Crippen molar-refractivity contribution in [3.8, 4) is 5.40 Å². The third kappa shape index (κ3) is 3.42. The van der Waals surface area contributed by atoms with Crippen molar-refractivity contribution in [1.82, 2.24) is 4.90 Å². The van der Waals surface area contributed by atoms with E-state index in [9.17, 15) is 0 Å². The Morgan fingerprint density at radius 1 is 1.41 bits per heavy atom. The summed E-state index contributed by atoms with van der Waals surface area (Å²) in [6.45, 7) is 2.17. The minimum absolute atomic E-state index is 0.411. The molecule has 1 aromatic carbocycles. The number of hydrogen-bond donors (Lipinski definition) is 2. The van der Waals surface area contributed by atoms with Gasteiger partial charge in [0, 0.05) is 13.1 Å². The fourth-order valence-corrected chi connectivity index (χ4v) is 2.92. The molecule has 1 heterocycles. The molecule has 1 saturated heterocycles. The maximum absolute atomic E-state index is 7.75. The van der Waals surface area contributed by atoms with Gasteiger partial charge in [0.2, 0.25) is 0 Å². The summed E-state index contributed by atoms with van der Waals surface area (Å²) in [5.74, 6) is 0. The van der Waals surface area contributed by atoms with Crippen molar-refractivity contribution in [2.24, 2.45) is 0 Å². The summed E-state index contributed by atoms with van der Waals surface area (Å²) < 4.78 is 0. The highest BCUT2D eigenvalue weighted by molar-refractivity contribution is 8.14. The Balaban J connectivity index is 0.000000437. The molecule has 0 spiro atoms. The Hall–Kier alpha value is -1.12. The smallest absolute Gasteiger partial charge is 0.157 e. The second-order valence-corrected chi connectivity index (χ2v) is 5.04. The first-order chi connectivity index (χ1) is 8.11. The van der Waals surface area contributed by atoms with E-state index in [0.717, 1.165) is 0 Å². The van der Waals surface area contributed by atoms with E-state index in [1.807, 2.05) is 18.0 Å². The lowest BCUT2D eigenvalue weighted by molar-refractivity contribution is 0.402. The van der Waals surface area contributed by atoms with Gasteiger partial charge in [0.05, 0.1) is 5.25 Å². The van der Waals surface area contributed by atoms with Gasteiger partial charge >= 0.3 is 0 Å². The summed E-state index contributed by atoms with van der Waals surface area (Å²) in [4.78, 5) is 2.03. The quantitative estimate of drug-likeness (QED) is 0.606. The Kier molecular flexibility index (Phi) is 5.39. The second kappa shape index (κ2) is 6.58. The third-order valence-corrected chi connectivity index (χ3v) is 4.17. The molecule has 0 saturated carbocycles. The second-order valence-electron chi connectivity index (χ2n) is 3.71. The van der Waals surface area contributed by atoms with Crippen LogP contribution in [0.3, 0.4) is 0 Å². The van der Waals surface area contributed by atoms with Crippen LogP contribution in [0, 0.1) is 16.1 Å². The van der Waals surface area contributed by atoms with Gasteiger partial charge in [-0.15, -0.1) is 0 Å². The van der Waals surface area contributed by atoms with Crippen molar-refractivity contribution in [1.29, 1.82) is 10.7 Å². The number of nitrogens with zero attached hydrogens (tertiary/aromatic N) is 2. The summed E-state index contributed by atoms with van der Waals surface area (Å²) in [5.41, 5.74) is 1.32. The standard InChI is InChI=1S/C11H14N2S.CHNS/c1-8-10(14-11(12)13(8)2)9-6-4-3-5-7-9;2-1-3/h3-8,10,12H,1-2H3;3H/t8-,10+;/m0./s1. The van der Waals surface area contributed by atoms with Gasteiger partial charge in [-0.05, 0) is 12.5 Å².